The summed E-state index contributed by atoms with van der Waals surface area (Å²) in [6, 6.07) is 15.7. The number of hydrogen-bond donors (Lipinski definition) is 1. The zero-order valence-corrected chi connectivity index (χ0v) is 15.5. The van der Waals surface area contributed by atoms with E-state index in [9.17, 15) is 4.79 Å². The quantitative estimate of drug-likeness (QED) is 0.643. The third kappa shape index (κ3) is 4.07. The van der Waals surface area contributed by atoms with Crippen LogP contribution in [0.4, 0.5) is 0 Å². The average Bonchev–Trinajstić information content (AvgIpc) is 3.10. The Balaban J connectivity index is 1.67. The topological polar surface area (TPSA) is 73.6 Å². The molecule has 0 spiro atoms. The lowest BCUT2D eigenvalue weighted by molar-refractivity contribution is -0.131. The number of ether oxygens (including phenoxy) is 2. The minimum atomic E-state index is -1.00. The van der Waals surface area contributed by atoms with Crippen molar-refractivity contribution in [3.05, 3.63) is 65.9 Å². The van der Waals surface area contributed by atoms with Crippen LogP contribution in [0.5, 0.6) is 5.75 Å². The molecule has 1 fully saturated rings. The Hall–Kier alpha value is -3.12. The molecule has 0 amide bonds. The van der Waals surface area contributed by atoms with Crippen LogP contribution in [0.2, 0.25) is 0 Å². The fraction of sp³-hybridized carbons (Fsp3) is 0.273. The van der Waals surface area contributed by atoms with Crippen LogP contribution >= 0.6 is 0 Å². The predicted octanol–water partition coefficient (Wildman–Crippen LogP) is 4.41. The Bertz CT molecular complexity index is 988. The Morgan fingerprint density at radius 2 is 2.11 bits per heavy atom. The molecule has 2 heterocycles. The van der Waals surface area contributed by atoms with E-state index < -0.39 is 5.97 Å². The molecular weight excluding hydrogens is 356 g/mol. The number of carbonyl (C=O) groups is 1. The molecule has 4 rings (SSSR count). The minimum absolute atomic E-state index is 0.146. The fourth-order valence-electron chi connectivity index (χ4n) is 3.38. The second-order valence-electron chi connectivity index (χ2n) is 6.78. The normalized spacial score (nSPS) is 17.2. The van der Waals surface area contributed by atoms with Crippen LogP contribution in [0, 0.1) is 0 Å². The summed E-state index contributed by atoms with van der Waals surface area (Å²) < 4.78 is 13.7. The Kier molecular flexibility index (Phi) is 5.39. The number of aliphatic carboxylic acids is 1. The molecule has 2 aromatic carbocycles. The number of fused-ring (bicyclic) bond motifs is 1. The number of carboxylic acids is 1. The highest BCUT2D eigenvalue weighted by molar-refractivity contribution is 5.92. The molecule has 1 unspecified atom stereocenters. The van der Waals surface area contributed by atoms with E-state index in [2.05, 4.69) is 5.10 Å². The summed E-state index contributed by atoms with van der Waals surface area (Å²) in [6.45, 7) is 1.18. The van der Waals surface area contributed by atoms with Crippen LogP contribution in [0.25, 0.3) is 17.0 Å². The van der Waals surface area contributed by atoms with Gasteiger partial charge in [0.25, 0.3) is 0 Å². The number of aromatic nitrogens is 2. The fourth-order valence-corrected chi connectivity index (χ4v) is 3.38. The molecule has 6 nitrogen and oxygen atoms in total. The number of hydrogen-bond acceptors (Lipinski definition) is 4. The van der Waals surface area contributed by atoms with Crippen molar-refractivity contribution in [2.45, 2.75) is 32.1 Å². The lowest BCUT2D eigenvalue weighted by Crippen LogP contribution is -2.19. The molecule has 28 heavy (non-hydrogen) atoms. The molecule has 1 aromatic heterocycles. The second kappa shape index (κ2) is 8.27. The van der Waals surface area contributed by atoms with Gasteiger partial charge in [-0.2, -0.15) is 5.10 Å². The molecule has 1 aliphatic rings. The molecule has 1 atom stereocenters. The van der Waals surface area contributed by atoms with Gasteiger partial charge in [0, 0.05) is 24.1 Å². The van der Waals surface area contributed by atoms with Crippen molar-refractivity contribution in [3.63, 3.8) is 0 Å². The van der Waals surface area contributed by atoms with Crippen molar-refractivity contribution in [1.29, 1.82) is 0 Å². The van der Waals surface area contributed by atoms with Gasteiger partial charge < -0.3 is 14.6 Å². The van der Waals surface area contributed by atoms with Gasteiger partial charge in [-0.3, -0.25) is 0 Å². The van der Waals surface area contributed by atoms with Crippen LogP contribution in [0.3, 0.4) is 0 Å². The van der Waals surface area contributed by atoms with Crippen molar-refractivity contribution in [3.8, 4) is 5.75 Å². The standard InChI is InChI=1S/C22H22N2O4/c25-22(26)12-11-19-18-10-9-17(28-15-16-6-2-1-3-7-16)14-20(18)24(23-19)21-8-4-5-13-27-21/h1-3,6-7,9-12,14,21H,4-5,8,13,15H2,(H,25,26)/b12-11+. The van der Waals surface area contributed by atoms with Crippen LogP contribution in [0.15, 0.2) is 54.6 Å². The monoisotopic (exact) mass is 378 g/mol. The SMILES string of the molecule is O=C(O)/C=C/c1nn(C2CCCCO2)c2cc(OCc3ccccc3)ccc12. The van der Waals surface area contributed by atoms with E-state index in [1.54, 1.807) is 0 Å². The third-order valence-corrected chi connectivity index (χ3v) is 4.77. The molecule has 0 bridgehead atoms. The first-order valence-electron chi connectivity index (χ1n) is 9.42. The first-order valence-corrected chi connectivity index (χ1v) is 9.42. The van der Waals surface area contributed by atoms with Gasteiger partial charge in [0.05, 0.1) is 11.2 Å². The highest BCUT2D eigenvalue weighted by Gasteiger charge is 2.21. The highest BCUT2D eigenvalue weighted by Crippen LogP contribution is 2.31. The summed E-state index contributed by atoms with van der Waals surface area (Å²) in [4.78, 5) is 10.9. The average molecular weight is 378 g/mol. The van der Waals surface area contributed by atoms with E-state index in [1.165, 1.54) is 6.08 Å². The molecule has 3 aromatic rings. The summed E-state index contributed by atoms with van der Waals surface area (Å²) in [7, 11) is 0. The molecular formula is C22H22N2O4. The zero-order valence-electron chi connectivity index (χ0n) is 15.5. The van der Waals surface area contributed by atoms with E-state index >= 15 is 0 Å². The lowest BCUT2D eigenvalue weighted by atomic mass is 10.1. The largest absolute Gasteiger partial charge is 0.489 e. The number of carboxylic acid groups (broad SMARTS) is 1. The summed E-state index contributed by atoms with van der Waals surface area (Å²) in [5, 5.41) is 14.5. The smallest absolute Gasteiger partial charge is 0.328 e. The Morgan fingerprint density at radius 1 is 1.25 bits per heavy atom. The van der Waals surface area contributed by atoms with Crippen molar-refractivity contribution in [2.24, 2.45) is 0 Å². The number of benzene rings is 2. The molecule has 0 aliphatic carbocycles. The van der Waals surface area contributed by atoms with E-state index in [1.807, 2.05) is 53.2 Å². The van der Waals surface area contributed by atoms with Gasteiger partial charge in [0.2, 0.25) is 0 Å². The summed E-state index contributed by atoms with van der Waals surface area (Å²) in [5.41, 5.74) is 2.58. The van der Waals surface area contributed by atoms with Crippen molar-refractivity contribution < 1.29 is 19.4 Å². The summed E-state index contributed by atoms with van der Waals surface area (Å²) >= 11 is 0. The van der Waals surface area contributed by atoms with Crippen LogP contribution in [-0.2, 0) is 16.1 Å². The Morgan fingerprint density at radius 3 is 2.86 bits per heavy atom. The lowest BCUT2D eigenvalue weighted by Gasteiger charge is -2.23. The van der Waals surface area contributed by atoms with E-state index in [0.717, 1.165) is 47.6 Å². The predicted molar refractivity (Wildman–Crippen MR) is 106 cm³/mol. The number of rotatable bonds is 6. The van der Waals surface area contributed by atoms with Crippen LogP contribution in [-0.4, -0.2) is 27.5 Å². The van der Waals surface area contributed by atoms with Gasteiger partial charge in [0.1, 0.15) is 12.4 Å². The maximum Gasteiger partial charge on any atom is 0.328 e. The first kappa shape index (κ1) is 18.3. The van der Waals surface area contributed by atoms with E-state index in [-0.39, 0.29) is 6.23 Å². The molecule has 1 N–H and O–H groups in total. The van der Waals surface area contributed by atoms with Gasteiger partial charge in [-0.15, -0.1) is 0 Å². The van der Waals surface area contributed by atoms with Gasteiger partial charge in [-0.1, -0.05) is 30.3 Å². The van der Waals surface area contributed by atoms with E-state index in [4.69, 9.17) is 14.6 Å². The molecule has 6 heteroatoms. The van der Waals surface area contributed by atoms with Crippen molar-refractivity contribution >= 4 is 22.9 Å². The molecule has 1 saturated heterocycles. The maximum atomic E-state index is 10.9. The summed E-state index contributed by atoms with van der Waals surface area (Å²) in [5.74, 6) is -0.262. The molecule has 0 saturated carbocycles. The van der Waals surface area contributed by atoms with Crippen LogP contribution in [0.1, 0.15) is 36.7 Å². The van der Waals surface area contributed by atoms with Crippen molar-refractivity contribution in [1.82, 2.24) is 9.78 Å². The van der Waals surface area contributed by atoms with Crippen molar-refractivity contribution in [2.75, 3.05) is 6.61 Å². The third-order valence-electron chi connectivity index (χ3n) is 4.77. The maximum absolute atomic E-state index is 10.9. The Labute approximate surface area is 163 Å². The van der Waals surface area contributed by atoms with E-state index in [0.29, 0.717) is 18.9 Å². The first-order chi connectivity index (χ1) is 13.7. The second-order valence-corrected chi connectivity index (χ2v) is 6.78. The summed E-state index contributed by atoms with van der Waals surface area (Å²) in [6.07, 6.45) is 5.49. The van der Waals surface area contributed by atoms with Gasteiger partial charge in [-0.25, -0.2) is 9.48 Å². The van der Waals surface area contributed by atoms with Gasteiger partial charge in [-0.05, 0) is 43.0 Å². The zero-order chi connectivity index (χ0) is 19.3. The number of nitrogens with zero attached hydrogens (tertiary/aromatic N) is 2. The molecule has 144 valence electrons. The highest BCUT2D eigenvalue weighted by atomic mass is 16.5. The molecule has 1 aliphatic heterocycles. The molecule has 0 radical (unpaired) electrons. The minimum Gasteiger partial charge on any atom is -0.489 e. The van der Waals surface area contributed by atoms with Gasteiger partial charge >= 0.3 is 5.97 Å². The van der Waals surface area contributed by atoms with Crippen LogP contribution < -0.4 is 4.74 Å². The van der Waals surface area contributed by atoms with Gasteiger partial charge in [0.15, 0.2) is 6.23 Å².